The normalized spacial score (nSPS) is 14.7. The van der Waals surface area contributed by atoms with Crippen molar-refractivity contribution in [2.45, 2.75) is 13.5 Å². The zero-order valence-electron chi connectivity index (χ0n) is 11.0. The average molecular weight is 336 g/mol. The highest BCUT2D eigenvalue weighted by molar-refractivity contribution is 9.10. The Bertz CT molecular complexity index is 654. The van der Waals surface area contributed by atoms with E-state index in [4.69, 9.17) is 4.42 Å². The summed E-state index contributed by atoms with van der Waals surface area (Å²) in [5.74, 6) is 0.616. The summed E-state index contributed by atoms with van der Waals surface area (Å²) in [4.78, 5) is 18.5. The lowest BCUT2D eigenvalue weighted by atomic mass is 10.1. The first kappa shape index (κ1) is 13.2. The molecule has 0 saturated heterocycles. The number of oxazole rings is 1. The highest BCUT2D eigenvalue weighted by Crippen LogP contribution is 2.27. The Labute approximate surface area is 125 Å². The van der Waals surface area contributed by atoms with E-state index in [1.165, 1.54) is 0 Å². The van der Waals surface area contributed by atoms with Crippen LogP contribution in [0.5, 0.6) is 0 Å². The molecule has 1 amide bonds. The Hall–Kier alpha value is -1.82. The van der Waals surface area contributed by atoms with Crippen LogP contribution in [0.1, 0.15) is 21.9 Å². The summed E-state index contributed by atoms with van der Waals surface area (Å²) in [5, 5.41) is 2.90. The summed E-state index contributed by atoms with van der Waals surface area (Å²) in [7, 11) is 0. The molecule has 6 heteroatoms. The van der Waals surface area contributed by atoms with Crippen LogP contribution in [0, 0.1) is 6.92 Å². The van der Waals surface area contributed by atoms with E-state index in [1.807, 2.05) is 25.1 Å². The zero-order chi connectivity index (χ0) is 14.1. The fourth-order valence-corrected chi connectivity index (χ4v) is 2.67. The van der Waals surface area contributed by atoms with Gasteiger partial charge in [0, 0.05) is 24.5 Å². The number of hydrogen-bond donors (Lipinski definition) is 1. The summed E-state index contributed by atoms with van der Waals surface area (Å²) >= 11 is 3.46. The Kier molecular flexibility index (Phi) is 3.48. The molecule has 20 heavy (non-hydrogen) atoms. The lowest BCUT2D eigenvalue weighted by Crippen LogP contribution is -2.29. The average Bonchev–Trinajstić information content (AvgIpc) is 2.76. The first-order chi connectivity index (χ1) is 9.63. The highest BCUT2D eigenvalue weighted by atomic mass is 79.9. The van der Waals surface area contributed by atoms with Crippen molar-refractivity contribution in [1.82, 2.24) is 10.3 Å². The maximum atomic E-state index is 12.0. The van der Waals surface area contributed by atoms with Crippen LogP contribution in [0.15, 0.2) is 33.4 Å². The molecule has 3 rings (SSSR count). The summed E-state index contributed by atoms with van der Waals surface area (Å²) in [6, 6.07) is 5.68. The van der Waals surface area contributed by atoms with Gasteiger partial charge in [-0.2, -0.15) is 0 Å². The molecule has 1 aromatic carbocycles. The third-order valence-corrected chi connectivity index (χ3v) is 3.73. The van der Waals surface area contributed by atoms with Crippen molar-refractivity contribution in [2.24, 2.45) is 0 Å². The molecule has 0 spiro atoms. The van der Waals surface area contributed by atoms with Crippen LogP contribution in [0.3, 0.4) is 0 Å². The molecule has 2 heterocycles. The van der Waals surface area contributed by atoms with Crippen LogP contribution in [-0.4, -0.2) is 24.0 Å². The topological polar surface area (TPSA) is 58.4 Å². The van der Waals surface area contributed by atoms with Gasteiger partial charge in [-0.05, 0) is 18.2 Å². The van der Waals surface area contributed by atoms with Crippen molar-refractivity contribution in [3.8, 4) is 0 Å². The van der Waals surface area contributed by atoms with Gasteiger partial charge in [0.25, 0.3) is 5.91 Å². The van der Waals surface area contributed by atoms with E-state index in [-0.39, 0.29) is 5.91 Å². The molecule has 2 aromatic rings. The molecule has 1 aromatic heterocycles. The number of amides is 1. The number of fused-ring (bicyclic) bond motifs is 1. The number of carbonyl (C=O) groups is 1. The van der Waals surface area contributed by atoms with Gasteiger partial charge in [0.2, 0.25) is 0 Å². The lowest BCUT2D eigenvalue weighted by molar-refractivity contribution is 0.0958. The number of nitrogens with zero attached hydrogens (tertiary/aromatic N) is 2. The van der Waals surface area contributed by atoms with Gasteiger partial charge in [-0.3, -0.25) is 4.79 Å². The van der Waals surface area contributed by atoms with Crippen LogP contribution in [0.25, 0.3) is 0 Å². The fourth-order valence-electron chi connectivity index (χ4n) is 2.32. The van der Waals surface area contributed by atoms with Crippen molar-refractivity contribution in [3.63, 3.8) is 0 Å². The number of halogens is 1. The maximum Gasteiger partial charge on any atom is 0.253 e. The first-order valence-corrected chi connectivity index (χ1v) is 7.16. The Morgan fingerprint density at radius 1 is 1.50 bits per heavy atom. The third kappa shape index (κ3) is 2.56. The van der Waals surface area contributed by atoms with Crippen LogP contribution >= 0.6 is 15.9 Å². The molecular formula is C14H14BrN3O2. The Morgan fingerprint density at radius 2 is 2.35 bits per heavy atom. The van der Waals surface area contributed by atoms with E-state index in [0.717, 1.165) is 22.4 Å². The number of aromatic nitrogens is 1. The molecule has 1 N–H and O–H groups in total. The Balaban J connectivity index is 1.97. The van der Waals surface area contributed by atoms with Gasteiger partial charge in [-0.25, -0.2) is 4.98 Å². The monoisotopic (exact) mass is 335 g/mol. The maximum absolute atomic E-state index is 12.0. The van der Waals surface area contributed by atoms with Gasteiger partial charge in [0.15, 0.2) is 5.89 Å². The van der Waals surface area contributed by atoms with E-state index in [2.05, 4.69) is 31.1 Å². The molecule has 5 nitrogen and oxygen atoms in total. The molecule has 0 atom stereocenters. The van der Waals surface area contributed by atoms with Crippen molar-refractivity contribution in [1.29, 1.82) is 0 Å². The second kappa shape index (κ2) is 5.28. The number of rotatable bonds is 2. The number of anilines is 1. The molecular weight excluding hydrogens is 322 g/mol. The fraction of sp³-hybridized carbons (Fsp3) is 0.286. The van der Waals surface area contributed by atoms with E-state index in [0.29, 0.717) is 24.5 Å². The van der Waals surface area contributed by atoms with E-state index in [9.17, 15) is 4.79 Å². The predicted octanol–water partition coefficient (Wildman–Crippen LogP) is 2.50. The predicted molar refractivity (Wildman–Crippen MR) is 78.8 cm³/mol. The summed E-state index contributed by atoms with van der Waals surface area (Å²) in [6.07, 6.45) is 1.66. The summed E-state index contributed by atoms with van der Waals surface area (Å²) < 4.78 is 6.19. The second-order valence-corrected chi connectivity index (χ2v) is 5.61. The third-order valence-electron chi connectivity index (χ3n) is 3.23. The van der Waals surface area contributed by atoms with E-state index >= 15 is 0 Å². The Morgan fingerprint density at radius 3 is 3.10 bits per heavy atom. The van der Waals surface area contributed by atoms with Crippen LogP contribution in [0.2, 0.25) is 0 Å². The first-order valence-electron chi connectivity index (χ1n) is 6.37. The van der Waals surface area contributed by atoms with Crippen LogP contribution in [-0.2, 0) is 6.54 Å². The minimum Gasteiger partial charge on any atom is -0.449 e. The number of carbonyl (C=O) groups excluding carboxylic acids is 1. The van der Waals surface area contributed by atoms with Gasteiger partial charge in [0.05, 0.1) is 23.5 Å². The molecule has 1 aliphatic heterocycles. The molecule has 0 radical (unpaired) electrons. The SMILES string of the molecule is Cc1nc(CN2CCNC(=O)c3ccc(Br)cc32)co1. The lowest BCUT2D eigenvalue weighted by Gasteiger charge is -2.23. The molecule has 0 fully saturated rings. The van der Waals surface area contributed by atoms with Gasteiger partial charge in [-0.1, -0.05) is 15.9 Å². The number of benzene rings is 1. The number of hydrogen-bond acceptors (Lipinski definition) is 4. The minimum atomic E-state index is -0.0358. The van der Waals surface area contributed by atoms with E-state index in [1.54, 1.807) is 6.26 Å². The number of nitrogens with one attached hydrogen (secondary N) is 1. The second-order valence-electron chi connectivity index (χ2n) is 4.70. The molecule has 0 bridgehead atoms. The van der Waals surface area contributed by atoms with Crippen LogP contribution < -0.4 is 10.2 Å². The largest absolute Gasteiger partial charge is 0.449 e. The zero-order valence-corrected chi connectivity index (χ0v) is 12.6. The van der Waals surface area contributed by atoms with Crippen molar-refractivity contribution >= 4 is 27.5 Å². The van der Waals surface area contributed by atoms with Crippen molar-refractivity contribution in [3.05, 3.63) is 46.1 Å². The molecule has 1 aliphatic rings. The highest BCUT2D eigenvalue weighted by Gasteiger charge is 2.21. The summed E-state index contributed by atoms with van der Waals surface area (Å²) in [6.45, 7) is 3.79. The van der Waals surface area contributed by atoms with Crippen molar-refractivity contribution in [2.75, 3.05) is 18.0 Å². The smallest absolute Gasteiger partial charge is 0.253 e. The van der Waals surface area contributed by atoms with Gasteiger partial charge in [0.1, 0.15) is 6.26 Å². The van der Waals surface area contributed by atoms with E-state index < -0.39 is 0 Å². The van der Waals surface area contributed by atoms with Gasteiger partial charge >= 0.3 is 0 Å². The minimum absolute atomic E-state index is 0.0358. The standard InChI is InChI=1S/C14H14BrN3O2/c1-9-17-11(8-20-9)7-18-5-4-16-14(19)12-3-2-10(15)6-13(12)18/h2-3,6,8H,4-5,7H2,1H3,(H,16,19). The molecule has 104 valence electrons. The van der Waals surface area contributed by atoms with Gasteiger partial charge in [-0.15, -0.1) is 0 Å². The van der Waals surface area contributed by atoms with Crippen molar-refractivity contribution < 1.29 is 9.21 Å². The quantitative estimate of drug-likeness (QED) is 0.915. The van der Waals surface area contributed by atoms with Crippen LogP contribution in [0.4, 0.5) is 5.69 Å². The molecule has 0 unspecified atom stereocenters. The molecule has 0 saturated carbocycles. The number of aryl methyl sites for hydroxylation is 1. The summed E-state index contributed by atoms with van der Waals surface area (Å²) in [5.41, 5.74) is 2.46. The van der Waals surface area contributed by atoms with Gasteiger partial charge < -0.3 is 14.6 Å². The molecule has 0 aliphatic carbocycles.